The first-order chi connectivity index (χ1) is 10.2. The second kappa shape index (κ2) is 4.76. The van der Waals surface area contributed by atoms with Crippen molar-refractivity contribution >= 4 is 44.1 Å². The fourth-order valence-corrected chi connectivity index (χ4v) is 3.87. The molecule has 4 rings (SSSR count). The van der Waals surface area contributed by atoms with Gasteiger partial charge in [0.15, 0.2) is 5.58 Å². The maximum atomic E-state index is 11.2. The van der Waals surface area contributed by atoms with E-state index in [-0.39, 0.29) is 5.38 Å². The Morgan fingerprint density at radius 1 is 1.19 bits per heavy atom. The van der Waals surface area contributed by atoms with Crippen molar-refractivity contribution in [1.29, 1.82) is 0 Å². The number of hydrogen-bond donors (Lipinski definition) is 1. The molecular formula is C16H10ClNO2S. The Balaban J connectivity index is 1.85. The van der Waals surface area contributed by atoms with Crippen LogP contribution in [0.25, 0.3) is 21.2 Å². The molecule has 1 N–H and O–H groups in total. The molecule has 1 unspecified atom stereocenters. The normalized spacial score (nSPS) is 13.0. The van der Waals surface area contributed by atoms with Gasteiger partial charge >= 0.3 is 5.76 Å². The molecule has 5 heteroatoms. The zero-order valence-corrected chi connectivity index (χ0v) is 12.4. The predicted octanol–water partition coefficient (Wildman–Crippen LogP) is 4.66. The van der Waals surface area contributed by atoms with E-state index in [9.17, 15) is 4.79 Å². The van der Waals surface area contributed by atoms with Gasteiger partial charge in [0.05, 0.1) is 10.9 Å². The number of hydrogen-bond acceptors (Lipinski definition) is 3. The van der Waals surface area contributed by atoms with E-state index < -0.39 is 5.76 Å². The lowest BCUT2D eigenvalue weighted by Crippen LogP contribution is -1.92. The average Bonchev–Trinajstić information content (AvgIpc) is 3.07. The third kappa shape index (κ3) is 2.07. The molecule has 2 aromatic heterocycles. The molecule has 0 aliphatic carbocycles. The second-order valence-corrected chi connectivity index (χ2v) is 6.17. The van der Waals surface area contributed by atoms with Crippen LogP contribution in [0.1, 0.15) is 16.5 Å². The smallest absolute Gasteiger partial charge is 0.408 e. The molecular weight excluding hydrogens is 306 g/mol. The summed E-state index contributed by atoms with van der Waals surface area (Å²) in [6.45, 7) is 0. The van der Waals surface area contributed by atoms with E-state index in [0.29, 0.717) is 11.1 Å². The summed E-state index contributed by atoms with van der Waals surface area (Å²) in [5, 5.41) is 2.98. The van der Waals surface area contributed by atoms with Crippen molar-refractivity contribution in [2.75, 3.05) is 0 Å². The standard InChI is InChI=1S/C16H10ClNO2S/c17-15(11-8-21-14-4-2-1-3-10(11)14)9-5-6-12-13(7-9)20-16(19)18-12/h1-8,15H,(H,18,19). The van der Waals surface area contributed by atoms with Crippen LogP contribution >= 0.6 is 22.9 Å². The molecule has 21 heavy (non-hydrogen) atoms. The molecule has 0 bridgehead atoms. The molecule has 0 saturated carbocycles. The van der Waals surface area contributed by atoms with Gasteiger partial charge < -0.3 is 4.42 Å². The lowest BCUT2D eigenvalue weighted by atomic mass is 10.0. The van der Waals surface area contributed by atoms with Gasteiger partial charge in [-0.2, -0.15) is 0 Å². The largest absolute Gasteiger partial charge is 0.417 e. The molecule has 3 nitrogen and oxygen atoms in total. The van der Waals surface area contributed by atoms with Crippen molar-refractivity contribution in [2.24, 2.45) is 0 Å². The van der Waals surface area contributed by atoms with Crippen LogP contribution in [-0.2, 0) is 0 Å². The van der Waals surface area contributed by atoms with E-state index in [1.807, 2.05) is 30.3 Å². The minimum absolute atomic E-state index is 0.272. The van der Waals surface area contributed by atoms with Crippen LogP contribution in [0.2, 0.25) is 0 Å². The van der Waals surface area contributed by atoms with Crippen LogP contribution in [0.4, 0.5) is 0 Å². The topological polar surface area (TPSA) is 46.0 Å². The lowest BCUT2D eigenvalue weighted by Gasteiger charge is -2.09. The van der Waals surface area contributed by atoms with Crippen LogP contribution in [0.5, 0.6) is 0 Å². The van der Waals surface area contributed by atoms with E-state index in [4.69, 9.17) is 16.0 Å². The number of alkyl halides is 1. The molecule has 0 amide bonds. The zero-order valence-electron chi connectivity index (χ0n) is 10.8. The maximum absolute atomic E-state index is 11.2. The van der Waals surface area contributed by atoms with E-state index in [0.717, 1.165) is 16.5 Å². The zero-order chi connectivity index (χ0) is 14.4. The Hall–Kier alpha value is -2.04. The van der Waals surface area contributed by atoms with E-state index in [1.54, 1.807) is 11.3 Å². The summed E-state index contributed by atoms with van der Waals surface area (Å²) < 4.78 is 6.31. The van der Waals surface area contributed by atoms with Gasteiger partial charge in [0.25, 0.3) is 0 Å². The quantitative estimate of drug-likeness (QED) is 0.547. The van der Waals surface area contributed by atoms with Gasteiger partial charge in [-0.3, -0.25) is 4.98 Å². The first-order valence-electron chi connectivity index (χ1n) is 6.45. The van der Waals surface area contributed by atoms with Crippen LogP contribution in [0.15, 0.2) is 57.1 Å². The summed E-state index contributed by atoms with van der Waals surface area (Å²) >= 11 is 8.32. The van der Waals surface area contributed by atoms with Crippen molar-refractivity contribution in [3.8, 4) is 0 Å². The van der Waals surface area contributed by atoms with Gasteiger partial charge in [-0.1, -0.05) is 24.3 Å². The van der Waals surface area contributed by atoms with Gasteiger partial charge in [-0.15, -0.1) is 22.9 Å². The Bertz CT molecular complexity index is 998. The summed E-state index contributed by atoms with van der Waals surface area (Å²) in [6, 6.07) is 13.7. The van der Waals surface area contributed by atoms with Crippen molar-refractivity contribution in [3.05, 3.63) is 69.5 Å². The van der Waals surface area contributed by atoms with Crippen LogP contribution in [-0.4, -0.2) is 4.98 Å². The van der Waals surface area contributed by atoms with Crippen molar-refractivity contribution in [1.82, 2.24) is 4.98 Å². The number of nitrogens with one attached hydrogen (secondary N) is 1. The Morgan fingerprint density at radius 3 is 2.95 bits per heavy atom. The Morgan fingerprint density at radius 2 is 2.05 bits per heavy atom. The highest BCUT2D eigenvalue weighted by Gasteiger charge is 2.16. The number of aromatic nitrogens is 1. The average molecular weight is 316 g/mol. The third-order valence-electron chi connectivity index (χ3n) is 3.52. The first-order valence-corrected chi connectivity index (χ1v) is 7.77. The predicted molar refractivity (Wildman–Crippen MR) is 86.4 cm³/mol. The van der Waals surface area contributed by atoms with Gasteiger partial charge in [0, 0.05) is 4.70 Å². The van der Waals surface area contributed by atoms with Gasteiger partial charge in [0.2, 0.25) is 0 Å². The Kier molecular flexibility index (Phi) is 2.87. The van der Waals surface area contributed by atoms with E-state index >= 15 is 0 Å². The second-order valence-electron chi connectivity index (χ2n) is 4.82. The molecule has 0 spiro atoms. The molecule has 4 aromatic rings. The summed E-state index contributed by atoms with van der Waals surface area (Å²) in [7, 11) is 0. The lowest BCUT2D eigenvalue weighted by molar-refractivity contribution is 0.555. The van der Waals surface area contributed by atoms with Crippen molar-refractivity contribution in [3.63, 3.8) is 0 Å². The molecule has 0 fully saturated rings. The summed E-state index contributed by atoms with van der Waals surface area (Å²) in [4.78, 5) is 13.8. The molecule has 0 aliphatic heterocycles. The number of halogens is 1. The molecule has 104 valence electrons. The van der Waals surface area contributed by atoms with Crippen molar-refractivity contribution in [2.45, 2.75) is 5.38 Å². The molecule has 2 heterocycles. The van der Waals surface area contributed by atoms with Crippen LogP contribution in [0, 0.1) is 0 Å². The number of rotatable bonds is 2. The van der Waals surface area contributed by atoms with Crippen molar-refractivity contribution < 1.29 is 4.42 Å². The van der Waals surface area contributed by atoms with E-state index in [1.165, 1.54) is 4.70 Å². The minimum Gasteiger partial charge on any atom is -0.408 e. The molecule has 2 aromatic carbocycles. The molecule has 0 aliphatic rings. The van der Waals surface area contributed by atoms with Crippen LogP contribution in [0.3, 0.4) is 0 Å². The number of benzene rings is 2. The van der Waals surface area contributed by atoms with E-state index in [2.05, 4.69) is 22.5 Å². The number of fused-ring (bicyclic) bond motifs is 2. The monoisotopic (exact) mass is 315 g/mol. The van der Waals surface area contributed by atoms with Crippen LogP contribution < -0.4 is 5.76 Å². The fraction of sp³-hybridized carbons (Fsp3) is 0.0625. The highest BCUT2D eigenvalue weighted by atomic mass is 35.5. The summed E-state index contributed by atoms with van der Waals surface area (Å²) in [6.07, 6.45) is 0. The summed E-state index contributed by atoms with van der Waals surface area (Å²) in [5.74, 6) is -0.450. The van der Waals surface area contributed by atoms with Gasteiger partial charge in [0.1, 0.15) is 0 Å². The summed E-state index contributed by atoms with van der Waals surface area (Å²) in [5.41, 5.74) is 3.20. The maximum Gasteiger partial charge on any atom is 0.417 e. The first kappa shape index (κ1) is 12.7. The minimum atomic E-state index is -0.450. The molecule has 1 atom stereocenters. The number of H-pyrrole nitrogens is 1. The number of aromatic amines is 1. The fourth-order valence-electron chi connectivity index (χ4n) is 2.49. The highest BCUT2D eigenvalue weighted by molar-refractivity contribution is 7.17. The van der Waals surface area contributed by atoms with Gasteiger partial charge in [-0.05, 0) is 40.1 Å². The molecule has 0 saturated heterocycles. The van der Waals surface area contributed by atoms with Gasteiger partial charge in [-0.25, -0.2) is 4.79 Å². The SMILES string of the molecule is O=c1[nH]c2ccc(C(Cl)c3csc4ccccc34)cc2o1. The molecule has 0 radical (unpaired) electrons. The number of thiophene rings is 1. The highest BCUT2D eigenvalue weighted by Crippen LogP contribution is 2.37. The Labute approximate surface area is 128 Å². The third-order valence-corrected chi connectivity index (χ3v) is 4.99. The number of oxazole rings is 1.